The Morgan fingerprint density at radius 3 is 2.92 bits per heavy atom. The van der Waals surface area contributed by atoms with E-state index in [2.05, 4.69) is 10.6 Å². The van der Waals surface area contributed by atoms with E-state index in [1.54, 1.807) is 12.1 Å². The van der Waals surface area contributed by atoms with Gasteiger partial charge in [-0.1, -0.05) is 6.07 Å². The van der Waals surface area contributed by atoms with Gasteiger partial charge >= 0.3 is 0 Å². The number of ether oxygens (including phenoxy) is 1. The predicted octanol–water partition coefficient (Wildman–Crippen LogP) is 1.05. The fourth-order valence-corrected chi connectivity index (χ4v) is 3.00. The van der Waals surface area contributed by atoms with Gasteiger partial charge in [0.25, 0.3) is 0 Å². The maximum absolute atomic E-state index is 14.2. The topological polar surface area (TPSA) is 70.7 Å². The predicted molar refractivity (Wildman–Crippen MR) is 90.5 cm³/mol. The second-order valence-corrected chi connectivity index (χ2v) is 6.69. The lowest BCUT2D eigenvalue weighted by atomic mass is 10.1. The monoisotopic (exact) mass is 349 g/mol. The Kier molecular flexibility index (Phi) is 5.53. The van der Waals surface area contributed by atoms with E-state index in [-0.39, 0.29) is 30.6 Å². The number of nitrogens with zero attached hydrogens (tertiary/aromatic N) is 1. The van der Waals surface area contributed by atoms with Crippen molar-refractivity contribution in [1.82, 2.24) is 15.5 Å². The lowest BCUT2D eigenvalue weighted by Crippen LogP contribution is -2.56. The smallest absolute Gasteiger partial charge is 0.237 e. The van der Waals surface area contributed by atoms with E-state index < -0.39 is 6.04 Å². The Bertz CT molecular complexity index is 648. The van der Waals surface area contributed by atoms with E-state index in [0.717, 1.165) is 12.8 Å². The van der Waals surface area contributed by atoms with Crippen molar-refractivity contribution in [3.8, 4) is 5.75 Å². The number of benzene rings is 1. The van der Waals surface area contributed by atoms with Crippen LogP contribution in [0.15, 0.2) is 18.2 Å². The number of halogens is 1. The molecule has 136 valence electrons. The molecule has 1 unspecified atom stereocenters. The van der Waals surface area contributed by atoms with Crippen LogP contribution >= 0.6 is 0 Å². The highest BCUT2D eigenvalue weighted by Crippen LogP contribution is 2.27. The summed E-state index contributed by atoms with van der Waals surface area (Å²) < 4.78 is 19.2. The zero-order valence-electron chi connectivity index (χ0n) is 14.4. The average Bonchev–Trinajstić information content (AvgIpc) is 3.42. The zero-order chi connectivity index (χ0) is 17.8. The Morgan fingerprint density at radius 2 is 2.24 bits per heavy atom. The van der Waals surface area contributed by atoms with Crippen LogP contribution in [0.2, 0.25) is 0 Å². The molecule has 2 amide bonds. The maximum Gasteiger partial charge on any atom is 0.237 e. The fourth-order valence-electron chi connectivity index (χ4n) is 3.00. The number of amides is 2. The van der Waals surface area contributed by atoms with Crippen LogP contribution in [0.3, 0.4) is 0 Å². The minimum atomic E-state index is -0.575. The third-order valence-corrected chi connectivity index (χ3v) is 4.74. The van der Waals surface area contributed by atoms with Crippen molar-refractivity contribution in [2.24, 2.45) is 5.92 Å². The van der Waals surface area contributed by atoms with Crippen molar-refractivity contribution < 1.29 is 18.7 Å². The molecule has 1 saturated carbocycles. The standard InChI is InChI=1S/C18H24FN3O3/c1-25-14-5-4-13(15(19)8-14)11-22-7-6-20-18(24)16(22)9-17(23)21-10-12-2-3-12/h4-5,8,12,16H,2-3,6-7,9-11H2,1H3,(H,20,24)(H,21,23). The minimum absolute atomic E-state index is 0.0936. The van der Waals surface area contributed by atoms with Crippen LogP contribution in [-0.4, -0.2) is 49.5 Å². The summed E-state index contributed by atoms with van der Waals surface area (Å²) in [5, 5.41) is 5.68. The molecule has 2 N–H and O–H groups in total. The van der Waals surface area contributed by atoms with Gasteiger partial charge in [-0.05, 0) is 24.8 Å². The molecular formula is C18H24FN3O3. The molecule has 1 aliphatic heterocycles. The number of nitrogens with one attached hydrogen (secondary N) is 2. The van der Waals surface area contributed by atoms with Crippen molar-refractivity contribution >= 4 is 11.8 Å². The summed E-state index contributed by atoms with van der Waals surface area (Å²) in [6.45, 7) is 2.04. The highest BCUT2D eigenvalue weighted by Gasteiger charge is 2.32. The van der Waals surface area contributed by atoms with Crippen molar-refractivity contribution in [3.05, 3.63) is 29.6 Å². The average molecular weight is 349 g/mol. The summed E-state index contributed by atoms with van der Waals surface area (Å²) in [5.74, 6) is 0.362. The number of carbonyl (C=O) groups is 2. The van der Waals surface area contributed by atoms with Gasteiger partial charge in [0.15, 0.2) is 0 Å². The number of carbonyl (C=O) groups excluding carboxylic acids is 2. The second kappa shape index (κ2) is 7.82. The Balaban J connectivity index is 1.64. The highest BCUT2D eigenvalue weighted by atomic mass is 19.1. The van der Waals surface area contributed by atoms with Crippen LogP contribution in [0, 0.1) is 11.7 Å². The molecule has 0 aromatic heterocycles. The van der Waals surface area contributed by atoms with E-state index in [1.165, 1.54) is 13.2 Å². The molecule has 1 aromatic carbocycles. The minimum Gasteiger partial charge on any atom is -0.497 e. The second-order valence-electron chi connectivity index (χ2n) is 6.69. The van der Waals surface area contributed by atoms with Crippen LogP contribution in [0.25, 0.3) is 0 Å². The Labute approximate surface area is 146 Å². The van der Waals surface area contributed by atoms with Gasteiger partial charge in [-0.2, -0.15) is 0 Å². The summed E-state index contributed by atoms with van der Waals surface area (Å²) in [5.41, 5.74) is 0.485. The van der Waals surface area contributed by atoms with Gasteiger partial charge in [-0.15, -0.1) is 0 Å². The first-order chi connectivity index (χ1) is 12.1. The molecule has 2 fully saturated rings. The molecule has 1 aromatic rings. The molecular weight excluding hydrogens is 325 g/mol. The number of piperazine rings is 1. The molecule has 0 radical (unpaired) electrons. The summed E-state index contributed by atoms with van der Waals surface area (Å²) in [7, 11) is 1.49. The SMILES string of the molecule is COc1ccc(CN2CCNC(=O)C2CC(=O)NCC2CC2)c(F)c1. The molecule has 1 atom stereocenters. The first-order valence-corrected chi connectivity index (χ1v) is 8.67. The third-order valence-electron chi connectivity index (χ3n) is 4.74. The van der Waals surface area contributed by atoms with E-state index >= 15 is 0 Å². The maximum atomic E-state index is 14.2. The normalized spacial score (nSPS) is 20.9. The summed E-state index contributed by atoms with van der Waals surface area (Å²) >= 11 is 0. The van der Waals surface area contributed by atoms with Crippen molar-refractivity contribution in [3.63, 3.8) is 0 Å². The van der Waals surface area contributed by atoms with Gasteiger partial charge in [0, 0.05) is 37.8 Å². The lowest BCUT2D eigenvalue weighted by Gasteiger charge is -2.34. The molecule has 1 heterocycles. The van der Waals surface area contributed by atoms with Crippen molar-refractivity contribution in [2.45, 2.75) is 31.8 Å². The van der Waals surface area contributed by atoms with Gasteiger partial charge in [-0.25, -0.2) is 4.39 Å². The number of hydrogen-bond donors (Lipinski definition) is 2. The van der Waals surface area contributed by atoms with Gasteiger partial charge in [0.2, 0.25) is 11.8 Å². The highest BCUT2D eigenvalue weighted by molar-refractivity contribution is 5.88. The molecule has 0 spiro atoms. The van der Waals surface area contributed by atoms with Crippen LogP contribution in [0.1, 0.15) is 24.8 Å². The Morgan fingerprint density at radius 1 is 1.44 bits per heavy atom. The largest absolute Gasteiger partial charge is 0.497 e. The van der Waals surface area contributed by atoms with Crippen LogP contribution < -0.4 is 15.4 Å². The summed E-state index contributed by atoms with van der Waals surface area (Å²) in [6, 6.07) is 4.11. The zero-order valence-corrected chi connectivity index (χ0v) is 14.4. The van der Waals surface area contributed by atoms with E-state index in [9.17, 15) is 14.0 Å². The van der Waals surface area contributed by atoms with E-state index in [0.29, 0.717) is 36.9 Å². The van der Waals surface area contributed by atoms with Crippen molar-refractivity contribution in [1.29, 1.82) is 0 Å². The van der Waals surface area contributed by atoms with E-state index in [1.807, 2.05) is 4.90 Å². The molecule has 1 aliphatic carbocycles. The quantitative estimate of drug-likeness (QED) is 0.772. The fraction of sp³-hybridized carbons (Fsp3) is 0.556. The lowest BCUT2D eigenvalue weighted by molar-refractivity contribution is -0.134. The van der Waals surface area contributed by atoms with Gasteiger partial charge in [-0.3, -0.25) is 14.5 Å². The first-order valence-electron chi connectivity index (χ1n) is 8.67. The van der Waals surface area contributed by atoms with E-state index in [4.69, 9.17) is 4.74 Å². The first kappa shape index (κ1) is 17.7. The molecule has 7 heteroatoms. The molecule has 0 bridgehead atoms. The molecule has 3 rings (SSSR count). The van der Waals surface area contributed by atoms with Crippen LogP contribution in [0.4, 0.5) is 4.39 Å². The van der Waals surface area contributed by atoms with Crippen LogP contribution in [-0.2, 0) is 16.1 Å². The van der Waals surface area contributed by atoms with Gasteiger partial charge in [0.1, 0.15) is 11.6 Å². The molecule has 25 heavy (non-hydrogen) atoms. The molecule has 1 saturated heterocycles. The summed E-state index contributed by atoms with van der Waals surface area (Å²) in [6.07, 6.45) is 2.41. The number of hydrogen-bond acceptors (Lipinski definition) is 4. The number of methoxy groups -OCH3 is 1. The third kappa shape index (κ3) is 4.69. The van der Waals surface area contributed by atoms with Gasteiger partial charge < -0.3 is 15.4 Å². The number of rotatable bonds is 7. The summed E-state index contributed by atoms with van der Waals surface area (Å²) in [4.78, 5) is 26.2. The van der Waals surface area contributed by atoms with Crippen molar-refractivity contribution in [2.75, 3.05) is 26.7 Å². The van der Waals surface area contributed by atoms with Crippen LogP contribution in [0.5, 0.6) is 5.75 Å². The molecule has 6 nitrogen and oxygen atoms in total. The van der Waals surface area contributed by atoms with Gasteiger partial charge in [0.05, 0.1) is 19.6 Å². The Hall–Kier alpha value is -2.15. The molecule has 2 aliphatic rings.